The maximum atomic E-state index is 12.0. The van der Waals surface area contributed by atoms with E-state index >= 15 is 0 Å². The Morgan fingerprint density at radius 2 is 2.19 bits per heavy atom. The molecule has 1 amide bonds. The predicted octanol–water partition coefficient (Wildman–Crippen LogP) is 0.223. The minimum Gasteiger partial charge on any atom is -0.396 e. The molecule has 0 saturated carbocycles. The second-order valence-electron chi connectivity index (χ2n) is 4.12. The number of hydrogen-bond donors (Lipinski definition) is 1. The number of aromatic nitrogens is 2. The molecule has 0 aliphatic carbocycles. The van der Waals surface area contributed by atoms with E-state index in [1.807, 2.05) is 0 Å². The molecular weight excluding hydrogens is 210 g/mol. The van der Waals surface area contributed by atoms with Gasteiger partial charge in [0.05, 0.1) is 0 Å². The lowest BCUT2D eigenvalue weighted by Crippen LogP contribution is -2.39. The summed E-state index contributed by atoms with van der Waals surface area (Å²) in [6, 6.07) is 0. The number of amides is 1. The van der Waals surface area contributed by atoms with Gasteiger partial charge in [-0.05, 0) is 30.8 Å². The number of carbonyl (C=O) groups excluding carboxylic acids is 1. The van der Waals surface area contributed by atoms with Crippen molar-refractivity contribution in [1.29, 1.82) is 0 Å². The Hall–Kier alpha value is -1.43. The summed E-state index contributed by atoms with van der Waals surface area (Å²) in [7, 11) is 0. The highest BCUT2D eigenvalue weighted by Gasteiger charge is 2.26. The summed E-state index contributed by atoms with van der Waals surface area (Å²) < 4.78 is 4.51. The van der Waals surface area contributed by atoms with Gasteiger partial charge in [-0.2, -0.15) is 0 Å². The Morgan fingerprint density at radius 3 is 2.69 bits per heavy atom. The molecule has 6 nitrogen and oxygen atoms in total. The van der Waals surface area contributed by atoms with Crippen molar-refractivity contribution in [3.8, 4) is 0 Å². The van der Waals surface area contributed by atoms with E-state index < -0.39 is 0 Å². The number of carbonyl (C=O) groups is 1. The van der Waals surface area contributed by atoms with Crippen molar-refractivity contribution < 1.29 is 14.5 Å². The van der Waals surface area contributed by atoms with Crippen molar-refractivity contribution in [2.75, 3.05) is 19.7 Å². The van der Waals surface area contributed by atoms with Crippen LogP contribution in [-0.4, -0.2) is 45.9 Å². The molecule has 1 N–H and O–H groups in total. The number of rotatable bonds is 2. The number of aryl methyl sites for hydroxylation is 1. The summed E-state index contributed by atoms with van der Waals surface area (Å²) in [5.74, 6) is 0.190. The molecule has 1 fully saturated rings. The molecule has 0 atom stereocenters. The zero-order valence-electron chi connectivity index (χ0n) is 9.22. The van der Waals surface area contributed by atoms with E-state index in [2.05, 4.69) is 14.9 Å². The Labute approximate surface area is 93.2 Å². The molecule has 0 spiro atoms. The Bertz CT molecular complexity index is 369. The lowest BCUT2D eigenvalue weighted by molar-refractivity contribution is 0.0639. The summed E-state index contributed by atoms with van der Waals surface area (Å²) in [5, 5.41) is 16.2. The van der Waals surface area contributed by atoms with Gasteiger partial charge in [0, 0.05) is 19.7 Å². The van der Waals surface area contributed by atoms with E-state index in [0.29, 0.717) is 30.4 Å². The standard InChI is InChI=1S/C10H15N3O3/c1-7-9(12-16-11-7)10(15)13-4-2-8(6-14)3-5-13/h8,14H,2-6H2,1H3. The largest absolute Gasteiger partial charge is 0.396 e. The van der Waals surface area contributed by atoms with Gasteiger partial charge in [-0.15, -0.1) is 0 Å². The van der Waals surface area contributed by atoms with Crippen molar-refractivity contribution >= 4 is 5.91 Å². The minimum absolute atomic E-state index is 0.130. The fourth-order valence-corrected chi connectivity index (χ4v) is 1.89. The topological polar surface area (TPSA) is 79.5 Å². The van der Waals surface area contributed by atoms with E-state index in [9.17, 15) is 4.79 Å². The smallest absolute Gasteiger partial charge is 0.278 e. The number of hydrogen-bond acceptors (Lipinski definition) is 5. The zero-order chi connectivity index (χ0) is 11.5. The molecule has 6 heteroatoms. The molecule has 16 heavy (non-hydrogen) atoms. The van der Waals surface area contributed by atoms with E-state index in [4.69, 9.17) is 5.11 Å². The first-order chi connectivity index (χ1) is 7.72. The lowest BCUT2D eigenvalue weighted by atomic mass is 9.98. The summed E-state index contributed by atoms with van der Waals surface area (Å²) >= 11 is 0. The third-order valence-corrected chi connectivity index (χ3v) is 3.02. The van der Waals surface area contributed by atoms with Gasteiger partial charge < -0.3 is 10.0 Å². The fourth-order valence-electron chi connectivity index (χ4n) is 1.89. The van der Waals surface area contributed by atoms with Crippen LogP contribution in [0.4, 0.5) is 0 Å². The van der Waals surface area contributed by atoms with Crippen LogP contribution in [0.2, 0.25) is 0 Å². The summed E-state index contributed by atoms with van der Waals surface area (Å²) in [6.07, 6.45) is 1.68. The highest BCUT2D eigenvalue weighted by Crippen LogP contribution is 2.18. The lowest BCUT2D eigenvalue weighted by Gasteiger charge is -2.30. The molecule has 0 radical (unpaired) electrons. The first kappa shape index (κ1) is 11.1. The zero-order valence-corrected chi connectivity index (χ0v) is 9.22. The van der Waals surface area contributed by atoms with Gasteiger partial charge in [0.15, 0.2) is 5.69 Å². The number of likely N-dealkylation sites (tertiary alicyclic amines) is 1. The predicted molar refractivity (Wildman–Crippen MR) is 54.7 cm³/mol. The van der Waals surface area contributed by atoms with Gasteiger partial charge in [-0.25, -0.2) is 4.63 Å². The second-order valence-corrected chi connectivity index (χ2v) is 4.12. The van der Waals surface area contributed by atoms with Gasteiger partial charge in [-0.1, -0.05) is 5.16 Å². The quantitative estimate of drug-likeness (QED) is 0.779. The molecule has 1 aromatic rings. The first-order valence-corrected chi connectivity index (χ1v) is 5.41. The van der Waals surface area contributed by atoms with E-state index in [0.717, 1.165) is 12.8 Å². The number of aliphatic hydroxyl groups is 1. The average molecular weight is 225 g/mol. The SMILES string of the molecule is Cc1nonc1C(=O)N1CCC(CO)CC1. The molecule has 0 unspecified atom stereocenters. The van der Waals surface area contributed by atoms with Crippen LogP contribution in [-0.2, 0) is 0 Å². The van der Waals surface area contributed by atoms with Crippen LogP contribution < -0.4 is 0 Å². The van der Waals surface area contributed by atoms with Crippen molar-refractivity contribution in [3.05, 3.63) is 11.4 Å². The molecule has 0 aromatic carbocycles. The molecule has 0 bridgehead atoms. The maximum absolute atomic E-state index is 12.0. The number of piperidine rings is 1. The number of aliphatic hydroxyl groups excluding tert-OH is 1. The fraction of sp³-hybridized carbons (Fsp3) is 0.700. The summed E-state index contributed by atoms with van der Waals surface area (Å²) in [5.41, 5.74) is 0.816. The van der Waals surface area contributed by atoms with Crippen LogP contribution in [0.1, 0.15) is 29.0 Å². The van der Waals surface area contributed by atoms with Gasteiger partial charge in [0.25, 0.3) is 5.91 Å². The average Bonchev–Trinajstić information content (AvgIpc) is 2.75. The highest BCUT2D eigenvalue weighted by molar-refractivity contribution is 5.93. The van der Waals surface area contributed by atoms with Crippen molar-refractivity contribution in [3.63, 3.8) is 0 Å². The van der Waals surface area contributed by atoms with E-state index in [1.54, 1.807) is 11.8 Å². The maximum Gasteiger partial charge on any atom is 0.278 e. The monoisotopic (exact) mass is 225 g/mol. The number of nitrogens with zero attached hydrogens (tertiary/aromatic N) is 3. The van der Waals surface area contributed by atoms with Crippen LogP contribution in [0, 0.1) is 12.8 Å². The Morgan fingerprint density at radius 1 is 1.50 bits per heavy atom. The molecule has 2 heterocycles. The van der Waals surface area contributed by atoms with E-state index in [-0.39, 0.29) is 12.5 Å². The van der Waals surface area contributed by atoms with Crippen molar-refractivity contribution in [2.24, 2.45) is 5.92 Å². The highest BCUT2D eigenvalue weighted by atomic mass is 16.6. The normalized spacial score (nSPS) is 17.8. The van der Waals surface area contributed by atoms with Gasteiger partial charge >= 0.3 is 0 Å². The molecule has 1 aliphatic heterocycles. The van der Waals surface area contributed by atoms with Crippen LogP contribution in [0.3, 0.4) is 0 Å². The van der Waals surface area contributed by atoms with Gasteiger partial charge in [-0.3, -0.25) is 4.79 Å². The van der Waals surface area contributed by atoms with Crippen molar-refractivity contribution in [1.82, 2.24) is 15.2 Å². The van der Waals surface area contributed by atoms with Gasteiger partial charge in [0.1, 0.15) is 5.69 Å². The van der Waals surface area contributed by atoms with E-state index in [1.165, 1.54) is 0 Å². The minimum atomic E-state index is -0.130. The Balaban J connectivity index is 2.00. The van der Waals surface area contributed by atoms with Crippen LogP contribution in [0.5, 0.6) is 0 Å². The molecular formula is C10H15N3O3. The van der Waals surface area contributed by atoms with Crippen molar-refractivity contribution in [2.45, 2.75) is 19.8 Å². The molecule has 1 aromatic heterocycles. The van der Waals surface area contributed by atoms with Crippen LogP contribution in [0.15, 0.2) is 4.63 Å². The molecule has 2 rings (SSSR count). The molecule has 1 aliphatic rings. The summed E-state index contributed by atoms with van der Waals surface area (Å²) in [4.78, 5) is 13.7. The van der Waals surface area contributed by atoms with Gasteiger partial charge in [0.2, 0.25) is 0 Å². The first-order valence-electron chi connectivity index (χ1n) is 5.41. The second kappa shape index (κ2) is 4.61. The van der Waals surface area contributed by atoms with Crippen LogP contribution >= 0.6 is 0 Å². The summed E-state index contributed by atoms with van der Waals surface area (Å²) in [6.45, 7) is 3.23. The third kappa shape index (κ3) is 2.06. The van der Waals surface area contributed by atoms with Crippen LogP contribution in [0.25, 0.3) is 0 Å². The molecule has 88 valence electrons. The molecule has 1 saturated heterocycles. The Kier molecular flexibility index (Phi) is 3.19. The third-order valence-electron chi connectivity index (χ3n) is 3.02.